The smallest absolute Gasteiger partial charge is 0.257 e. The molecule has 3 heterocycles. The number of nitrogens with zero attached hydrogens (tertiary/aromatic N) is 2. The number of H-pyrrole nitrogens is 1. The van der Waals surface area contributed by atoms with Gasteiger partial charge in [-0.25, -0.2) is 0 Å². The lowest BCUT2D eigenvalue weighted by Gasteiger charge is -2.31. The normalized spacial score (nSPS) is 21.8. The van der Waals surface area contributed by atoms with Crippen molar-refractivity contribution in [2.24, 2.45) is 5.92 Å². The number of aromatic nitrogens is 2. The van der Waals surface area contributed by atoms with Crippen molar-refractivity contribution in [2.45, 2.75) is 44.6 Å². The highest BCUT2D eigenvalue weighted by Gasteiger charge is 2.24. The van der Waals surface area contributed by atoms with Gasteiger partial charge in [-0.05, 0) is 38.0 Å². The van der Waals surface area contributed by atoms with E-state index in [1.54, 1.807) is 12.4 Å². The standard InChI is InChI=1S/C17H26N4O3/c22-16(18-12-15-2-1-9-24-15)4-3-13-5-7-21(8-6-13)17(23)14-10-19-20-11-14/h10-11,13,15H,1-9,12H2,(H,18,22)(H,19,20)/t15-/m1/s1. The largest absolute Gasteiger partial charge is 0.376 e. The number of rotatable bonds is 6. The minimum atomic E-state index is 0.0384. The number of ether oxygens (including phenoxy) is 1. The summed E-state index contributed by atoms with van der Waals surface area (Å²) in [6.07, 6.45) is 8.91. The van der Waals surface area contributed by atoms with Gasteiger partial charge in [0.1, 0.15) is 0 Å². The zero-order valence-electron chi connectivity index (χ0n) is 14.0. The number of likely N-dealkylation sites (tertiary alicyclic amines) is 1. The Hall–Kier alpha value is -1.89. The Morgan fingerprint density at radius 1 is 1.33 bits per heavy atom. The molecule has 24 heavy (non-hydrogen) atoms. The van der Waals surface area contributed by atoms with E-state index in [-0.39, 0.29) is 17.9 Å². The maximum atomic E-state index is 12.2. The Balaban J connectivity index is 1.32. The summed E-state index contributed by atoms with van der Waals surface area (Å²) in [5.41, 5.74) is 0.613. The van der Waals surface area contributed by atoms with Gasteiger partial charge in [0.25, 0.3) is 5.91 Å². The van der Waals surface area contributed by atoms with Gasteiger partial charge in [0, 0.05) is 38.9 Å². The Bertz CT molecular complexity index is 532. The molecule has 0 bridgehead atoms. The third-order valence-electron chi connectivity index (χ3n) is 4.98. The fourth-order valence-corrected chi connectivity index (χ4v) is 3.43. The molecule has 0 aromatic carbocycles. The predicted octanol–water partition coefficient (Wildman–Crippen LogP) is 1.34. The molecule has 7 heteroatoms. The van der Waals surface area contributed by atoms with E-state index in [2.05, 4.69) is 15.5 Å². The molecule has 0 aliphatic carbocycles. The predicted molar refractivity (Wildman–Crippen MR) is 88.4 cm³/mol. The Kier molecular flexibility index (Phi) is 5.85. The highest BCUT2D eigenvalue weighted by molar-refractivity contribution is 5.93. The molecule has 2 N–H and O–H groups in total. The van der Waals surface area contributed by atoms with Crippen molar-refractivity contribution in [3.8, 4) is 0 Å². The fraction of sp³-hybridized carbons (Fsp3) is 0.706. The summed E-state index contributed by atoms with van der Waals surface area (Å²) in [6, 6.07) is 0. The fourth-order valence-electron chi connectivity index (χ4n) is 3.43. The van der Waals surface area contributed by atoms with Crippen LogP contribution in [0.15, 0.2) is 12.4 Å². The van der Waals surface area contributed by atoms with Crippen molar-refractivity contribution in [1.29, 1.82) is 0 Å². The minimum Gasteiger partial charge on any atom is -0.376 e. The number of nitrogens with one attached hydrogen (secondary N) is 2. The van der Waals surface area contributed by atoms with Crippen molar-refractivity contribution in [1.82, 2.24) is 20.4 Å². The van der Waals surface area contributed by atoms with Crippen molar-refractivity contribution >= 4 is 11.8 Å². The lowest BCUT2D eigenvalue weighted by molar-refractivity contribution is -0.122. The number of hydrogen-bond acceptors (Lipinski definition) is 4. The highest BCUT2D eigenvalue weighted by atomic mass is 16.5. The van der Waals surface area contributed by atoms with E-state index in [9.17, 15) is 9.59 Å². The van der Waals surface area contributed by atoms with E-state index >= 15 is 0 Å². The van der Waals surface area contributed by atoms with Gasteiger partial charge in [0.15, 0.2) is 0 Å². The van der Waals surface area contributed by atoms with Crippen LogP contribution in [0.5, 0.6) is 0 Å². The van der Waals surface area contributed by atoms with Crippen molar-refractivity contribution in [3.05, 3.63) is 18.0 Å². The number of hydrogen-bond donors (Lipinski definition) is 2. The lowest BCUT2D eigenvalue weighted by Crippen LogP contribution is -2.38. The quantitative estimate of drug-likeness (QED) is 0.822. The van der Waals surface area contributed by atoms with Crippen LogP contribution in [-0.2, 0) is 9.53 Å². The van der Waals surface area contributed by atoms with E-state index < -0.39 is 0 Å². The summed E-state index contributed by atoms with van der Waals surface area (Å²) in [6.45, 7) is 2.96. The summed E-state index contributed by atoms with van der Waals surface area (Å²) < 4.78 is 5.50. The molecular weight excluding hydrogens is 308 g/mol. The highest BCUT2D eigenvalue weighted by Crippen LogP contribution is 2.23. The average molecular weight is 334 g/mol. The van der Waals surface area contributed by atoms with Crippen LogP contribution in [-0.4, -0.2) is 59.3 Å². The number of aromatic amines is 1. The van der Waals surface area contributed by atoms with Gasteiger partial charge < -0.3 is 15.0 Å². The Morgan fingerprint density at radius 3 is 2.83 bits per heavy atom. The zero-order chi connectivity index (χ0) is 16.8. The Labute approximate surface area is 142 Å². The first-order valence-electron chi connectivity index (χ1n) is 8.88. The summed E-state index contributed by atoms with van der Waals surface area (Å²) >= 11 is 0. The molecule has 132 valence electrons. The molecule has 0 radical (unpaired) electrons. The first-order chi connectivity index (χ1) is 11.7. The van der Waals surface area contributed by atoms with Gasteiger partial charge in [-0.2, -0.15) is 5.10 Å². The molecule has 1 aromatic heterocycles. The van der Waals surface area contributed by atoms with Crippen LogP contribution >= 0.6 is 0 Å². The van der Waals surface area contributed by atoms with Crippen LogP contribution in [0, 0.1) is 5.92 Å². The van der Waals surface area contributed by atoms with Gasteiger partial charge in [-0.15, -0.1) is 0 Å². The summed E-state index contributed by atoms with van der Waals surface area (Å²) in [5.74, 6) is 0.672. The monoisotopic (exact) mass is 334 g/mol. The van der Waals surface area contributed by atoms with Crippen molar-refractivity contribution in [2.75, 3.05) is 26.2 Å². The van der Waals surface area contributed by atoms with Gasteiger partial charge >= 0.3 is 0 Å². The topological polar surface area (TPSA) is 87.3 Å². The first-order valence-corrected chi connectivity index (χ1v) is 8.88. The summed E-state index contributed by atoms with van der Waals surface area (Å²) in [5, 5.41) is 9.47. The molecule has 2 fully saturated rings. The third kappa shape index (κ3) is 4.56. The van der Waals surface area contributed by atoms with Gasteiger partial charge in [-0.3, -0.25) is 14.7 Å². The Morgan fingerprint density at radius 2 is 2.17 bits per heavy atom. The number of piperidine rings is 1. The molecule has 0 spiro atoms. The SMILES string of the molecule is O=C(CCC1CCN(C(=O)c2cn[nH]c2)CC1)NC[C@H]1CCCO1. The van der Waals surface area contributed by atoms with E-state index in [1.807, 2.05) is 4.90 Å². The molecule has 7 nitrogen and oxygen atoms in total. The number of amides is 2. The molecule has 1 aromatic rings. The maximum absolute atomic E-state index is 12.2. The molecule has 0 unspecified atom stereocenters. The van der Waals surface area contributed by atoms with Crippen LogP contribution in [0.25, 0.3) is 0 Å². The number of carbonyl (C=O) groups excluding carboxylic acids is 2. The molecule has 1 atom stereocenters. The molecular formula is C17H26N4O3. The van der Waals surface area contributed by atoms with E-state index in [1.165, 1.54) is 0 Å². The zero-order valence-corrected chi connectivity index (χ0v) is 14.0. The van der Waals surface area contributed by atoms with E-state index in [4.69, 9.17) is 4.74 Å². The van der Waals surface area contributed by atoms with Gasteiger partial charge in [0.2, 0.25) is 5.91 Å². The summed E-state index contributed by atoms with van der Waals surface area (Å²) in [4.78, 5) is 26.0. The van der Waals surface area contributed by atoms with Crippen molar-refractivity contribution < 1.29 is 14.3 Å². The van der Waals surface area contributed by atoms with Gasteiger partial charge in [0.05, 0.1) is 17.9 Å². The molecule has 3 rings (SSSR count). The molecule has 0 saturated carbocycles. The van der Waals surface area contributed by atoms with Crippen LogP contribution in [0.2, 0.25) is 0 Å². The maximum Gasteiger partial charge on any atom is 0.257 e. The van der Waals surface area contributed by atoms with E-state index in [0.29, 0.717) is 24.4 Å². The molecule has 2 aliphatic heterocycles. The summed E-state index contributed by atoms with van der Waals surface area (Å²) in [7, 11) is 0. The van der Waals surface area contributed by atoms with Crippen molar-refractivity contribution in [3.63, 3.8) is 0 Å². The minimum absolute atomic E-state index is 0.0384. The second-order valence-electron chi connectivity index (χ2n) is 6.70. The molecule has 2 saturated heterocycles. The number of carbonyl (C=O) groups is 2. The first kappa shape index (κ1) is 17.0. The molecule has 2 aliphatic rings. The van der Waals surface area contributed by atoms with Crippen LogP contribution in [0.4, 0.5) is 0 Å². The second-order valence-corrected chi connectivity index (χ2v) is 6.70. The van der Waals surface area contributed by atoms with Crippen LogP contribution in [0.3, 0.4) is 0 Å². The van der Waals surface area contributed by atoms with Crippen LogP contribution in [0.1, 0.15) is 48.9 Å². The average Bonchev–Trinajstić information content (AvgIpc) is 3.31. The van der Waals surface area contributed by atoms with E-state index in [0.717, 1.165) is 51.8 Å². The van der Waals surface area contributed by atoms with Crippen LogP contribution < -0.4 is 5.32 Å². The lowest BCUT2D eigenvalue weighted by atomic mass is 9.92. The molecule has 2 amide bonds. The third-order valence-corrected chi connectivity index (χ3v) is 4.98. The van der Waals surface area contributed by atoms with Gasteiger partial charge in [-0.1, -0.05) is 0 Å². The second kappa shape index (κ2) is 8.28.